The third kappa shape index (κ3) is 3.27. The Morgan fingerprint density at radius 2 is 2.12 bits per heavy atom. The number of rotatable bonds is 6. The highest BCUT2D eigenvalue weighted by Gasteiger charge is 2.13. The van der Waals surface area contributed by atoms with Crippen molar-refractivity contribution in [2.24, 2.45) is 0 Å². The highest BCUT2D eigenvalue weighted by atomic mass is 16.5. The van der Waals surface area contributed by atoms with E-state index in [0.29, 0.717) is 18.3 Å². The molecule has 0 amide bonds. The zero-order valence-electron chi connectivity index (χ0n) is 14.3. The number of hydrogen-bond acceptors (Lipinski definition) is 7. The molecule has 0 aliphatic heterocycles. The van der Waals surface area contributed by atoms with Gasteiger partial charge in [0.15, 0.2) is 11.6 Å². The molecule has 126 valence electrons. The van der Waals surface area contributed by atoms with Gasteiger partial charge in [0, 0.05) is 25.7 Å². The SMILES string of the molecule is CCn1cnnc1CN(C)c1ccc(-c2nc(C(C)C)no2)cn1. The van der Waals surface area contributed by atoms with Gasteiger partial charge in [0.25, 0.3) is 5.89 Å². The predicted octanol–water partition coefficient (Wildman–Crippen LogP) is 2.50. The van der Waals surface area contributed by atoms with Gasteiger partial charge in [0.2, 0.25) is 0 Å². The van der Waals surface area contributed by atoms with E-state index in [9.17, 15) is 0 Å². The van der Waals surface area contributed by atoms with Gasteiger partial charge in [-0.05, 0) is 19.1 Å². The summed E-state index contributed by atoms with van der Waals surface area (Å²) >= 11 is 0. The Bertz CT molecular complexity index is 791. The molecule has 3 aromatic heterocycles. The third-order valence-electron chi connectivity index (χ3n) is 3.76. The van der Waals surface area contributed by atoms with Crippen LogP contribution in [0.25, 0.3) is 11.5 Å². The number of hydrogen-bond donors (Lipinski definition) is 0. The molecular formula is C16H21N7O. The van der Waals surface area contributed by atoms with Crippen molar-refractivity contribution in [2.75, 3.05) is 11.9 Å². The molecule has 3 rings (SSSR count). The minimum atomic E-state index is 0.233. The Kier molecular flexibility index (Phi) is 4.54. The fourth-order valence-electron chi connectivity index (χ4n) is 2.28. The lowest BCUT2D eigenvalue weighted by atomic mass is 10.2. The Balaban J connectivity index is 1.73. The van der Waals surface area contributed by atoms with E-state index in [1.807, 2.05) is 42.5 Å². The molecule has 0 aliphatic rings. The summed E-state index contributed by atoms with van der Waals surface area (Å²) in [6.45, 7) is 7.60. The van der Waals surface area contributed by atoms with Crippen LogP contribution in [0.3, 0.4) is 0 Å². The molecule has 0 radical (unpaired) electrons. The molecule has 0 fully saturated rings. The van der Waals surface area contributed by atoms with Crippen LogP contribution in [0.4, 0.5) is 5.82 Å². The zero-order valence-corrected chi connectivity index (χ0v) is 14.3. The summed E-state index contributed by atoms with van der Waals surface area (Å²) in [7, 11) is 1.97. The number of nitrogens with zero attached hydrogens (tertiary/aromatic N) is 7. The van der Waals surface area contributed by atoms with Crippen molar-refractivity contribution in [3.63, 3.8) is 0 Å². The van der Waals surface area contributed by atoms with Crippen molar-refractivity contribution in [2.45, 2.75) is 39.8 Å². The molecule has 8 nitrogen and oxygen atoms in total. The van der Waals surface area contributed by atoms with Crippen LogP contribution in [0, 0.1) is 0 Å². The van der Waals surface area contributed by atoms with Crippen LogP contribution in [0.2, 0.25) is 0 Å². The molecule has 0 N–H and O–H groups in total. The van der Waals surface area contributed by atoms with E-state index in [0.717, 1.165) is 23.8 Å². The Morgan fingerprint density at radius 3 is 2.75 bits per heavy atom. The summed E-state index contributed by atoms with van der Waals surface area (Å²) in [5, 5.41) is 12.1. The molecule has 3 aromatic rings. The van der Waals surface area contributed by atoms with Crippen molar-refractivity contribution in [1.29, 1.82) is 0 Å². The summed E-state index contributed by atoms with van der Waals surface area (Å²) in [4.78, 5) is 10.9. The average molecular weight is 327 g/mol. The largest absolute Gasteiger partial charge is 0.352 e. The minimum Gasteiger partial charge on any atom is -0.352 e. The molecule has 0 spiro atoms. The standard InChI is InChI=1S/C16H21N7O/c1-5-23-10-18-20-14(23)9-22(4)13-7-6-12(8-17-13)16-19-15(11(2)3)21-24-16/h6-8,10-11H,5,9H2,1-4H3. The number of aromatic nitrogens is 6. The maximum absolute atomic E-state index is 5.29. The first-order valence-electron chi connectivity index (χ1n) is 7.96. The molecule has 3 heterocycles. The summed E-state index contributed by atoms with van der Waals surface area (Å²) in [5.41, 5.74) is 0.809. The van der Waals surface area contributed by atoms with Crippen LogP contribution in [0.5, 0.6) is 0 Å². The quantitative estimate of drug-likeness (QED) is 0.687. The van der Waals surface area contributed by atoms with E-state index >= 15 is 0 Å². The Labute approximate surface area is 140 Å². The van der Waals surface area contributed by atoms with Gasteiger partial charge in [-0.1, -0.05) is 19.0 Å². The second-order valence-electron chi connectivity index (χ2n) is 5.91. The highest BCUT2D eigenvalue weighted by Crippen LogP contribution is 2.21. The van der Waals surface area contributed by atoms with Crippen molar-refractivity contribution in [3.8, 4) is 11.5 Å². The van der Waals surface area contributed by atoms with Gasteiger partial charge in [0.1, 0.15) is 12.1 Å². The van der Waals surface area contributed by atoms with Gasteiger partial charge < -0.3 is 14.0 Å². The second kappa shape index (κ2) is 6.77. The van der Waals surface area contributed by atoms with Gasteiger partial charge in [0.05, 0.1) is 12.1 Å². The summed E-state index contributed by atoms with van der Waals surface area (Å²) in [6, 6.07) is 3.86. The van der Waals surface area contributed by atoms with Crippen LogP contribution in [-0.2, 0) is 13.1 Å². The van der Waals surface area contributed by atoms with Gasteiger partial charge in [-0.2, -0.15) is 4.98 Å². The van der Waals surface area contributed by atoms with E-state index in [1.165, 1.54) is 0 Å². The lowest BCUT2D eigenvalue weighted by Gasteiger charge is -2.17. The molecule has 0 bridgehead atoms. The number of anilines is 1. The van der Waals surface area contributed by atoms with Crippen LogP contribution in [0.15, 0.2) is 29.2 Å². The van der Waals surface area contributed by atoms with E-state index in [-0.39, 0.29) is 5.92 Å². The first-order valence-corrected chi connectivity index (χ1v) is 7.96. The fourth-order valence-corrected chi connectivity index (χ4v) is 2.28. The topological polar surface area (TPSA) is 85.8 Å². The smallest absolute Gasteiger partial charge is 0.259 e. The molecule has 0 atom stereocenters. The highest BCUT2D eigenvalue weighted by molar-refractivity contribution is 5.54. The molecule has 24 heavy (non-hydrogen) atoms. The van der Waals surface area contributed by atoms with Gasteiger partial charge in [-0.25, -0.2) is 4.98 Å². The Morgan fingerprint density at radius 1 is 1.29 bits per heavy atom. The van der Waals surface area contributed by atoms with Gasteiger partial charge in [-0.3, -0.25) is 0 Å². The van der Waals surface area contributed by atoms with Crippen molar-refractivity contribution in [3.05, 3.63) is 36.3 Å². The van der Waals surface area contributed by atoms with Crippen molar-refractivity contribution >= 4 is 5.82 Å². The second-order valence-corrected chi connectivity index (χ2v) is 5.91. The average Bonchev–Trinajstić information content (AvgIpc) is 3.24. The lowest BCUT2D eigenvalue weighted by Crippen LogP contribution is -2.20. The van der Waals surface area contributed by atoms with Gasteiger partial charge >= 0.3 is 0 Å². The molecule has 0 saturated heterocycles. The zero-order chi connectivity index (χ0) is 17.1. The molecule has 0 unspecified atom stereocenters. The maximum atomic E-state index is 5.29. The van der Waals surface area contributed by atoms with E-state index in [1.54, 1.807) is 12.5 Å². The normalized spacial score (nSPS) is 11.2. The van der Waals surface area contributed by atoms with Crippen LogP contribution in [0.1, 0.15) is 38.3 Å². The summed E-state index contributed by atoms with van der Waals surface area (Å²) < 4.78 is 7.30. The van der Waals surface area contributed by atoms with E-state index in [2.05, 4.69) is 32.2 Å². The first-order chi connectivity index (χ1) is 11.6. The van der Waals surface area contributed by atoms with Crippen LogP contribution in [-0.4, -0.2) is 36.9 Å². The van der Waals surface area contributed by atoms with Crippen LogP contribution < -0.4 is 4.90 Å². The number of pyridine rings is 1. The third-order valence-corrected chi connectivity index (χ3v) is 3.76. The summed E-state index contributed by atoms with van der Waals surface area (Å²) in [6.07, 6.45) is 3.48. The van der Waals surface area contributed by atoms with E-state index < -0.39 is 0 Å². The predicted molar refractivity (Wildman–Crippen MR) is 89.4 cm³/mol. The minimum absolute atomic E-state index is 0.233. The molecule has 0 saturated carbocycles. The fraction of sp³-hybridized carbons (Fsp3) is 0.438. The molecular weight excluding hydrogens is 306 g/mol. The van der Waals surface area contributed by atoms with E-state index in [4.69, 9.17) is 4.52 Å². The first kappa shape index (κ1) is 16.1. The number of aryl methyl sites for hydroxylation is 1. The van der Waals surface area contributed by atoms with Crippen molar-refractivity contribution < 1.29 is 4.52 Å². The molecule has 0 aliphatic carbocycles. The van der Waals surface area contributed by atoms with Gasteiger partial charge in [-0.15, -0.1) is 10.2 Å². The monoisotopic (exact) mass is 327 g/mol. The molecule has 8 heteroatoms. The van der Waals surface area contributed by atoms with Crippen molar-refractivity contribution in [1.82, 2.24) is 29.9 Å². The van der Waals surface area contributed by atoms with Crippen LogP contribution >= 0.6 is 0 Å². The Hall–Kier alpha value is -2.77. The maximum Gasteiger partial charge on any atom is 0.259 e. The lowest BCUT2D eigenvalue weighted by molar-refractivity contribution is 0.419. The molecule has 0 aromatic carbocycles. The summed E-state index contributed by atoms with van der Waals surface area (Å²) in [5.74, 6) is 3.17.